The van der Waals surface area contributed by atoms with Gasteiger partial charge in [-0.1, -0.05) is 0 Å². The minimum atomic E-state index is 0.0480. The molecule has 13 heavy (non-hydrogen) atoms. The van der Waals surface area contributed by atoms with Crippen molar-refractivity contribution in [3.8, 4) is 0 Å². The van der Waals surface area contributed by atoms with E-state index < -0.39 is 0 Å². The van der Waals surface area contributed by atoms with E-state index in [2.05, 4.69) is 11.8 Å². The SMILES string of the molecule is NC1(C2CCSC2)CC2CCC1O2. The molecule has 0 aromatic heterocycles. The Kier molecular flexibility index (Phi) is 1.90. The highest BCUT2D eigenvalue weighted by atomic mass is 32.2. The van der Waals surface area contributed by atoms with Gasteiger partial charge in [-0.2, -0.15) is 11.8 Å². The van der Waals surface area contributed by atoms with Gasteiger partial charge in [-0.3, -0.25) is 0 Å². The summed E-state index contributed by atoms with van der Waals surface area (Å²) in [6, 6.07) is 0. The maximum atomic E-state index is 6.51. The van der Waals surface area contributed by atoms with E-state index in [1.807, 2.05) is 0 Å². The Morgan fingerprint density at radius 2 is 2.23 bits per heavy atom. The third-order valence-corrected chi connectivity index (χ3v) is 5.14. The monoisotopic (exact) mass is 199 g/mol. The molecule has 3 fully saturated rings. The number of fused-ring (bicyclic) bond motifs is 2. The van der Waals surface area contributed by atoms with Crippen LogP contribution >= 0.6 is 11.8 Å². The molecule has 74 valence electrons. The molecular weight excluding hydrogens is 182 g/mol. The minimum Gasteiger partial charge on any atom is -0.373 e. The summed E-state index contributed by atoms with van der Waals surface area (Å²) < 4.78 is 5.87. The molecule has 2 nitrogen and oxygen atoms in total. The molecule has 4 unspecified atom stereocenters. The number of hydrogen-bond donors (Lipinski definition) is 1. The van der Waals surface area contributed by atoms with Crippen LogP contribution in [0.15, 0.2) is 0 Å². The molecule has 2 bridgehead atoms. The zero-order valence-corrected chi connectivity index (χ0v) is 8.69. The van der Waals surface area contributed by atoms with Gasteiger partial charge in [0.15, 0.2) is 0 Å². The highest BCUT2D eigenvalue weighted by Crippen LogP contribution is 2.47. The van der Waals surface area contributed by atoms with Crippen LogP contribution in [0.2, 0.25) is 0 Å². The predicted octanol–water partition coefficient (Wildman–Crippen LogP) is 1.39. The highest BCUT2D eigenvalue weighted by Gasteiger charge is 2.54. The van der Waals surface area contributed by atoms with Crippen LogP contribution in [0.5, 0.6) is 0 Å². The summed E-state index contributed by atoms with van der Waals surface area (Å²) in [6.07, 6.45) is 5.80. The second kappa shape index (κ2) is 2.88. The van der Waals surface area contributed by atoms with Crippen LogP contribution in [0.3, 0.4) is 0 Å². The Morgan fingerprint density at radius 3 is 2.77 bits per heavy atom. The fourth-order valence-corrected chi connectivity index (χ4v) is 4.54. The van der Waals surface area contributed by atoms with E-state index >= 15 is 0 Å². The van der Waals surface area contributed by atoms with Crippen molar-refractivity contribution in [2.24, 2.45) is 11.7 Å². The number of thioether (sulfide) groups is 1. The summed E-state index contributed by atoms with van der Waals surface area (Å²) >= 11 is 2.06. The van der Waals surface area contributed by atoms with E-state index in [4.69, 9.17) is 10.5 Å². The summed E-state index contributed by atoms with van der Waals surface area (Å²) in [5, 5.41) is 0. The van der Waals surface area contributed by atoms with Gasteiger partial charge >= 0.3 is 0 Å². The number of nitrogens with two attached hydrogens (primary N) is 1. The Morgan fingerprint density at radius 1 is 1.31 bits per heavy atom. The van der Waals surface area contributed by atoms with Crippen LogP contribution < -0.4 is 5.73 Å². The Labute approximate surface area is 83.6 Å². The normalized spacial score (nSPS) is 54.7. The first-order valence-electron chi connectivity index (χ1n) is 5.31. The Bertz CT molecular complexity index is 217. The first-order chi connectivity index (χ1) is 6.29. The van der Waals surface area contributed by atoms with E-state index in [9.17, 15) is 0 Å². The van der Waals surface area contributed by atoms with Crippen LogP contribution in [0.25, 0.3) is 0 Å². The van der Waals surface area contributed by atoms with Gasteiger partial charge in [0.25, 0.3) is 0 Å². The number of rotatable bonds is 1. The van der Waals surface area contributed by atoms with Crippen LogP contribution in [0, 0.1) is 5.92 Å². The van der Waals surface area contributed by atoms with Crippen molar-refractivity contribution in [1.82, 2.24) is 0 Å². The summed E-state index contributed by atoms with van der Waals surface area (Å²) in [5.41, 5.74) is 6.56. The van der Waals surface area contributed by atoms with Crippen LogP contribution in [-0.2, 0) is 4.74 Å². The minimum absolute atomic E-state index is 0.0480. The molecule has 0 spiro atoms. The molecule has 4 atom stereocenters. The molecule has 0 aromatic carbocycles. The summed E-state index contributed by atoms with van der Waals surface area (Å²) in [7, 11) is 0. The van der Waals surface area contributed by atoms with Gasteiger partial charge < -0.3 is 10.5 Å². The van der Waals surface area contributed by atoms with Gasteiger partial charge in [0.1, 0.15) is 0 Å². The molecule has 0 aromatic rings. The maximum Gasteiger partial charge on any atom is 0.0763 e. The van der Waals surface area contributed by atoms with Gasteiger partial charge in [-0.25, -0.2) is 0 Å². The third kappa shape index (κ3) is 1.17. The van der Waals surface area contributed by atoms with E-state index in [1.165, 1.54) is 30.8 Å². The van der Waals surface area contributed by atoms with E-state index in [-0.39, 0.29) is 5.54 Å². The molecule has 0 aliphatic carbocycles. The Hall–Kier alpha value is 0.270. The highest BCUT2D eigenvalue weighted by molar-refractivity contribution is 7.99. The lowest BCUT2D eigenvalue weighted by molar-refractivity contribution is 0.0734. The fourth-order valence-electron chi connectivity index (χ4n) is 3.16. The van der Waals surface area contributed by atoms with Gasteiger partial charge in [0, 0.05) is 5.54 Å². The smallest absolute Gasteiger partial charge is 0.0763 e. The van der Waals surface area contributed by atoms with Crippen molar-refractivity contribution in [2.75, 3.05) is 11.5 Å². The molecule has 3 rings (SSSR count). The predicted molar refractivity (Wildman–Crippen MR) is 54.9 cm³/mol. The molecule has 3 aliphatic heterocycles. The number of ether oxygens (including phenoxy) is 1. The lowest BCUT2D eigenvalue weighted by Crippen LogP contribution is -2.54. The van der Waals surface area contributed by atoms with Crippen molar-refractivity contribution in [2.45, 2.75) is 43.4 Å². The molecular formula is C10H17NOS. The molecule has 3 heteroatoms. The number of hydrogen-bond acceptors (Lipinski definition) is 3. The molecule has 3 aliphatic rings. The fraction of sp³-hybridized carbons (Fsp3) is 1.00. The molecule has 0 radical (unpaired) electrons. The maximum absolute atomic E-state index is 6.51. The zero-order valence-electron chi connectivity index (χ0n) is 7.87. The standard InChI is InChI=1S/C10H17NOS/c11-10(7-3-4-13-6-7)5-8-1-2-9(10)12-8/h7-9H,1-6,11H2. The van der Waals surface area contributed by atoms with E-state index in [0.717, 1.165) is 12.3 Å². The van der Waals surface area contributed by atoms with E-state index in [0.29, 0.717) is 12.2 Å². The Balaban J connectivity index is 1.80. The quantitative estimate of drug-likeness (QED) is 0.693. The van der Waals surface area contributed by atoms with Crippen LogP contribution in [-0.4, -0.2) is 29.3 Å². The molecule has 3 heterocycles. The lowest BCUT2D eigenvalue weighted by Gasteiger charge is -2.36. The van der Waals surface area contributed by atoms with Crippen molar-refractivity contribution in [3.63, 3.8) is 0 Å². The van der Waals surface area contributed by atoms with Crippen LogP contribution in [0.1, 0.15) is 25.7 Å². The largest absolute Gasteiger partial charge is 0.373 e. The average Bonchev–Trinajstić information content (AvgIpc) is 2.79. The zero-order chi connectivity index (χ0) is 8.89. The molecule has 2 N–H and O–H groups in total. The molecule has 3 saturated heterocycles. The third-order valence-electron chi connectivity index (χ3n) is 3.98. The molecule has 0 amide bonds. The van der Waals surface area contributed by atoms with Gasteiger partial charge in [-0.15, -0.1) is 0 Å². The average molecular weight is 199 g/mol. The van der Waals surface area contributed by atoms with Gasteiger partial charge in [-0.05, 0) is 43.1 Å². The second-order valence-corrected chi connectivity index (χ2v) is 5.85. The first kappa shape index (κ1) is 8.57. The van der Waals surface area contributed by atoms with Crippen molar-refractivity contribution < 1.29 is 4.74 Å². The van der Waals surface area contributed by atoms with Gasteiger partial charge in [0.05, 0.1) is 12.2 Å². The summed E-state index contributed by atoms with van der Waals surface area (Å²) in [6.45, 7) is 0. The van der Waals surface area contributed by atoms with Crippen molar-refractivity contribution >= 4 is 11.8 Å². The second-order valence-electron chi connectivity index (χ2n) is 4.70. The van der Waals surface area contributed by atoms with E-state index in [1.54, 1.807) is 0 Å². The van der Waals surface area contributed by atoms with Gasteiger partial charge in [0.2, 0.25) is 0 Å². The summed E-state index contributed by atoms with van der Waals surface area (Å²) in [5.74, 6) is 3.30. The summed E-state index contributed by atoms with van der Waals surface area (Å²) in [4.78, 5) is 0. The lowest BCUT2D eigenvalue weighted by atomic mass is 9.73. The first-order valence-corrected chi connectivity index (χ1v) is 6.46. The van der Waals surface area contributed by atoms with Crippen molar-refractivity contribution in [1.29, 1.82) is 0 Å². The van der Waals surface area contributed by atoms with Crippen molar-refractivity contribution in [3.05, 3.63) is 0 Å². The van der Waals surface area contributed by atoms with Crippen LogP contribution in [0.4, 0.5) is 0 Å². The topological polar surface area (TPSA) is 35.2 Å². The molecule has 0 saturated carbocycles.